The molecule has 1 aliphatic heterocycles. The van der Waals surface area contributed by atoms with Gasteiger partial charge in [0.05, 0.1) is 25.3 Å². The Morgan fingerprint density at radius 2 is 1.81 bits per heavy atom. The van der Waals surface area contributed by atoms with Crippen LogP contribution in [-0.4, -0.2) is 45.7 Å². The second kappa shape index (κ2) is 13.6. The van der Waals surface area contributed by atoms with Gasteiger partial charge in [0.15, 0.2) is 15.8 Å². The number of benzene rings is 2. The highest BCUT2D eigenvalue weighted by atomic mass is 32.2. The molecule has 2 aromatic carbocycles. The van der Waals surface area contributed by atoms with Crippen molar-refractivity contribution in [1.82, 2.24) is 15.2 Å². The van der Waals surface area contributed by atoms with Crippen molar-refractivity contribution in [2.45, 2.75) is 42.3 Å². The summed E-state index contributed by atoms with van der Waals surface area (Å²) < 4.78 is 12.2. The van der Waals surface area contributed by atoms with Crippen LogP contribution in [0, 0.1) is 0 Å². The molecule has 0 spiro atoms. The summed E-state index contributed by atoms with van der Waals surface area (Å²) in [4.78, 5) is 32.3. The van der Waals surface area contributed by atoms with E-state index in [2.05, 4.69) is 22.1 Å². The fraction of sp³-hybridized carbons (Fsp3) is 0.258. The Balaban J connectivity index is 1.53. The number of ether oxygens (including phenoxy) is 2. The number of rotatable bonds is 12. The number of pyridine rings is 1. The summed E-state index contributed by atoms with van der Waals surface area (Å²) in [6.07, 6.45) is 6.06. The van der Waals surface area contributed by atoms with Crippen LogP contribution in [0.4, 0.5) is 5.13 Å². The first-order chi connectivity index (χ1) is 20.5. The summed E-state index contributed by atoms with van der Waals surface area (Å²) in [5.74, 6) is -0.234. The molecule has 1 saturated heterocycles. The molecule has 2 aromatic heterocycles. The van der Waals surface area contributed by atoms with Crippen LogP contribution in [0.1, 0.15) is 48.9 Å². The fourth-order valence-electron chi connectivity index (χ4n) is 4.60. The van der Waals surface area contributed by atoms with Gasteiger partial charge in [-0.25, -0.2) is 0 Å². The SMILES string of the molecule is CCCCCOc1ccc(C2/C(=C(\O)c3ccncc3)C(=O)C(=O)N2c2nnc(SCc3ccccc3)s2)cc1OC. The first kappa shape index (κ1) is 29.3. The highest BCUT2D eigenvalue weighted by molar-refractivity contribution is 8.00. The van der Waals surface area contributed by atoms with Gasteiger partial charge in [-0.15, -0.1) is 10.2 Å². The van der Waals surface area contributed by atoms with E-state index < -0.39 is 17.7 Å². The van der Waals surface area contributed by atoms with E-state index >= 15 is 0 Å². The lowest BCUT2D eigenvalue weighted by molar-refractivity contribution is -0.132. The van der Waals surface area contributed by atoms with Crippen molar-refractivity contribution in [3.63, 3.8) is 0 Å². The highest BCUT2D eigenvalue weighted by Gasteiger charge is 2.48. The Kier molecular flexibility index (Phi) is 9.50. The largest absolute Gasteiger partial charge is 0.507 e. The number of ketones is 1. The van der Waals surface area contributed by atoms with E-state index in [4.69, 9.17) is 9.47 Å². The molecule has 1 amide bonds. The number of carbonyl (C=O) groups excluding carboxylic acids is 2. The Morgan fingerprint density at radius 3 is 2.55 bits per heavy atom. The number of aromatic nitrogens is 3. The molecule has 5 rings (SSSR count). The number of unbranched alkanes of at least 4 members (excludes halogenated alkanes) is 2. The number of methoxy groups -OCH3 is 1. The molecule has 216 valence electrons. The van der Waals surface area contributed by atoms with E-state index in [-0.39, 0.29) is 16.5 Å². The number of hydrogen-bond acceptors (Lipinski definition) is 10. The Labute approximate surface area is 252 Å². The normalized spacial score (nSPS) is 16.1. The first-order valence-corrected chi connectivity index (χ1v) is 15.3. The molecular weight excluding hydrogens is 572 g/mol. The Hall–Kier alpha value is -4.22. The fourth-order valence-corrected chi connectivity index (χ4v) is 6.42. The van der Waals surface area contributed by atoms with Gasteiger partial charge in [-0.1, -0.05) is 79.3 Å². The van der Waals surface area contributed by atoms with Crippen molar-refractivity contribution < 1.29 is 24.2 Å². The molecule has 1 atom stereocenters. The topological polar surface area (TPSA) is 115 Å². The maximum atomic E-state index is 13.5. The van der Waals surface area contributed by atoms with E-state index in [0.717, 1.165) is 24.8 Å². The number of carbonyl (C=O) groups is 2. The molecule has 0 aliphatic carbocycles. The number of aliphatic hydroxyl groups is 1. The van der Waals surface area contributed by atoms with Crippen LogP contribution < -0.4 is 14.4 Å². The monoisotopic (exact) mass is 602 g/mol. The minimum absolute atomic E-state index is 0.0569. The van der Waals surface area contributed by atoms with Crippen LogP contribution in [-0.2, 0) is 15.3 Å². The molecule has 0 saturated carbocycles. The third-order valence-corrected chi connectivity index (χ3v) is 8.84. The molecule has 1 N–H and O–H groups in total. The van der Waals surface area contributed by atoms with Gasteiger partial charge in [0.1, 0.15) is 5.76 Å². The maximum Gasteiger partial charge on any atom is 0.301 e. The highest BCUT2D eigenvalue weighted by Crippen LogP contribution is 2.45. The predicted molar refractivity (Wildman–Crippen MR) is 163 cm³/mol. The molecule has 0 bridgehead atoms. The minimum Gasteiger partial charge on any atom is -0.507 e. The molecule has 11 heteroatoms. The molecular formula is C31H30N4O5S2. The standard InChI is InChI=1S/C31H30N4O5S2/c1-3-4-8-17-40-23-12-11-22(18-24(23)39-2)26-25(27(36)21-13-15-32-16-14-21)28(37)29(38)35(26)30-33-34-31(42-30)41-19-20-9-6-5-7-10-20/h5-7,9-16,18,26,36H,3-4,8,17,19H2,1-2H3/b27-25+. The van der Waals surface area contributed by atoms with Gasteiger partial charge >= 0.3 is 5.91 Å². The third kappa shape index (κ3) is 6.32. The molecule has 42 heavy (non-hydrogen) atoms. The number of hydrogen-bond donors (Lipinski definition) is 1. The molecule has 0 radical (unpaired) electrons. The van der Waals surface area contributed by atoms with Crippen LogP contribution >= 0.6 is 23.1 Å². The number of thioether (sulfide) groups is 1. The predicted octanol–water partition coefficient (Wildman–Crippen LogP) is 6.43. The minimum atomic E-state index is -0.971. The van der Waals surface area contributed by atoms with Gasteiger partial charge in [0, 0.05) is 23.7 Å². The average molecular weight is 603 g/mol. The zero-order chi connectivity index (χ0) is 29.5. The maximum absolute atomic E-state index is 13.5. The second-order valence-corrected chi connectivity index (χ2v) is 11.7. The van der Waals surface area contributed by atoms with Gasteiger partial charge in [0.25, 0.3) is 5.78 Å². The summed E-state index contributed by atoms with van der Waals surface area (Å²) >= 11 is 2.71. The molecule has 1 unspecified atom stereocenters. The van der Waals surface area contributed by atoms with Gasteiger partial charge in [-0.05, 0) is 41.8 Å². The summed E-state index contributed by atoms with van der Waals surface area (Å²) in [6, 6.07) is 17.4. The van der Waals surface area contributed by atoms with Crippen molar-refractivity contribution in [2.24, 2.45) is 0 Å². The van der Waals surface area contributed by atoms with Crippen molar-refractivity contribution in [1.29, 1.82) is 0 Å². The van der Waals surface area contributed by atoms with Crippen molar-refractivity contribution in [3.05, 3.63) is 95.3 Å². The Morgan fingerprint density at radius 1 is 1.02 bits per heavy atom. The number of nitrogens with zero attached hydrogens (tertiary/aromatic N) is 4. The molecule has 4 aromatic rings. The number of anilines is 1. The van der Waals surface area contributed by atoms with Crippen LogP contribution in [0.15, 0.2) is 83.0 Å². The lowest BCUT2D eigenvalue weighted by Gasteiger charge is -2.23. The second-order valence-electron chi connectivity index (χ2n) is 9.50. The number of aliphatic hydroxyl groups excluding tert-OH is 1. The van der Waals surface area contributed by atoms with Gasteiger partial charge < -0.3 is 14.6 Å². The summed E-state index contributed by atoms with van der Waals surface area (Å²) in [6.45, 7) is 2.67. The molecule has 1 aliphatic rings. The molecule has 3 heterocycles. The van der Waals surface area contributed by atoms with Crippen molar-refractivity contribution in [3.8, 4) is 11.5 Å². The van der Waals surface area contributed by atoms with Crippen molar-refractivity contribution in [2.75, 3.05) is 18.6 Å². The Bertz CT molecular complexity index is 1580. The average Bonchev–Trinajstić information content (AvgIpc) is 3.60. The van der Waals surface area contributed by atoms with Gasteiger partial charge in [-0.3, -0.25) is 19.5 Å². The van der Waals surface area contributed by atoms with E-state index in [9.17, 15) is 14.7 Å². The number of Topliss-reactive ketones (excluding diaryl/α,β-unsaturated/α-hetero) is 1. The lowest BCUT2D eigenvalue weighted by Crippen LogP contribution is -2.29. The molecule has 9 nitrogen and oxygen atoms in total. The van der Waals surface area contributed by atoms with E-state index in [1.165, 1.54) is 47.5 Å². The van der Waals surface area contributed by atoms with Crippen molar-refractivity contribution >= 4 is 45.7 Å². The smallest absolute Gasteiger partial charge is 0.301 e. The quantitative estimate of drug-likeness (QED) is 0.0489. The summed E-state index contributed by atoms with van der Waals surface area (Å²) in [5, 5.41) is 20.2. The van der Waals surface area contributed by atoms with E-state index in [1.54, 1.807) is 30.3 Å². The number of amides is 1. The molecule has 1 fully saturated rings. The summed E-state index contributed by atoms with van der Waals surface area (Å²) in [7, 11) is 1.53. The van der Waals surface area contributed by atoms with Gasteiger partial charge in [-0.2, -0.15) is 0 Å². The van der Waals surface area contributed by atoms with E-state index in [0.29, 0.717) is 39.3 Å². The van der Waals surface area contributed by atoms with E-state index in [1.807, 2.05) is 30.3 Å². The summed E-state index contributed by atoms with van der Waals surface area (Å²) in [5.41, 5.74) is 1.99. The van der Waals surface area contributed by atoms with Crippen LogP contribution in [0.5, 0.6) is 11.5 Å². The van der Waals surface area contributed by atoms with Crippen LogP contribution in [0.3, 0.4) is 0 Å². The lowest BCUT2D eigenvalue weighted by atomic mass is 9.95. The zero-order valence-corrected chi connectivity index (χ0v) is 24.9. The third-order valence-electron chi connectivity index (χ3n) is 6.71. The van der Waals surface area contributed by atoms with Crippen LogP contribution in [0.25, 0.3) is 5.76 Å². The van der Waals surface area contributed by atoms with Gasteiger partial charge in [0.2, 0.25) is 5.13 Å². The van der Waals surface area contributed by atoms with Crippen LogP contribution in [0.2, 0.25) is 0 Å². The first-order valence-electron chi connectivity index (χ1n) is 13.5. The zero-order valence-electron chi connectivity index (χ0n) is 23.2.